The Morgan fingerprint density at radius 1 is 1.33 bits per heavy atom. The number of nitrogens with one attached hydrogen (secondary N) is 2. The second-order valence-corrected chi connectivity index (χ2v) is 5.52. The lowest BCUT2D eigenvalue weighted by atomic mass is 9.95. The first-order valence-electron chi connectivity index (χ1n) is 7.02. The van der Waals surface area contributed by atoms with Crippen LogP contribution < -0.4 is 10.6 Å². The van der Waals surface area contributed by atoms with Crippen molar-refractivity contribution >= 4 is 5.91 Å². The molecule has 1 heterocycles. The summed E-state index contributed by atoms with van der Waals surface area (Å²) in [6.07, 6.45) is -3.36. The fourth-order valence-corrected chi connectivity index (χ4v) is 2.48. The number of benzene rings is 1. The topological polar surface area (TPSA) is 41.1 Å². The van der Waals surface area contributed by atoms with Crippen LogP contribution in [0.25, 0.3) is 0 Å². The van der Waals surface area contributed by atoms with Crippen LogP contribution in [0.1, 0.15) is 24.5 Å². The van der Waals surface area contributed by atoms with Crippen molar-refractivity contribution in [2.24, 2.45) is 5.92 Å². The number of rotatable bonds is 3. The average molecular weight is 300 g/mol. The van der Waals surface area contributed by atoms with Gasteiger partial charge in [0.05, 0.1) is 12.0 Å². The molecule has 1 aromatic carbocycles. The maximum atomic E-state index is 12.4. The first-order chi connectivity index (χ1) is 9.86. The van der Waals surface area contributed by atoms with Gasteiger partial charge < -0.3 is 10.6 Å². The van der Waals surface area contributed by atoms with Gasteiger partial charge in [0.1, 0.15) is 0 Å². The second kappa shape index (κ2) is 6.47. The van der Waals surface area contributed by atoms with Crippen molar-refractivity contribution in [3.05, 3.63) is 35.4 Å². The largest absolute Gasteiger partial charge is 0.416 e. The summed E-state index contributed by atoms with van der Waals surface area (Å²) in [4.78, 5) is 12.0. The first-order valence-corrected chi connectivity index (χ1v) is 7.02. The maximum absolute atomic E-state index is 12.4. The third-order valence-electron chi connectivity index (χ3n) is 3.78. The van der Waals surface area contributed by atoms with Gasteiger partial charge in [-0.3, -0.25) is 4.79 Å². The van der Waals surface area contributed by atoms with E-state index in [9.17, 15) is 18.0 Å². The van der Waals surface area contributed by atoms with E-state index in [1.165, 1.54) is 12.1 Å². The van der Waals surface area contributed by atoms with Gasteiger partial charge in [0, 0.05) is 6.04 Å². The van der Waals surface area contributed by atoms with Crippen molar-refractivity contribution in [3.63, 3.8) is 0 Å². The van der Waals surface area contributed by atoms with E-state index in [-0.39, 0.29) is 18.4 Å². The minimum Gasteiger partial charge on any atom is -0.353 e. The van der Waals surface area contributed by atoms with E-state index in [0.717, 1.165) is 31.6 Å². The van der Waals surface area contributed by atoms with Crippen molar-refractivity contribution in [2.45, 2.75) is 32.0 Å². The Labute approximate surface area is 121 Å². The predicted octanol–water partition coefficient (Wildman–Crippen LogP) is 2.36. The maximum Gasteiger partial charge on any atom is 0.416 e. The molecule has 1 saturated heterocycles. The van der Waals surface area contributed by atoms with E-state index >= 15 is 0 Å². The lowest BCUT2D eigenvalue weighted by molar-refractivity contribution is -0.137. The molecule has 116 valence electrons. The SMILES string of the molecule is CC1CNCCC1NC(=O)Cc1ccc(C(F)(F)F)cc1. The number of carbonyl (C=O) groups excluding carboxylic acids is 1. The molecule has 0 aromatic heterocycles. The number of alkyl halides is 3. The Kier molecular flexibility index (Phi) is 4.88. The van der Waals surface area contributed by atoms with Crippen LogP contribution in [-0.2, 0) is 17.4 Å². The molecule has 3 nitrogen and oxygen atoms in total. The van der Waals surface area contributed by atoms with Crippen LogP contribution in [-0.4, -0.2) is 25.0 Å². The lowest BCUT2D eigenvalue weighted by Crippen LogP contribution is -2.48. The van der Waals surface area contributed by atoms with E-state index in [2.05, 4.69) is 17.6 Å². The van der Waals surface area contributed by atoms with Gasteiger partial charge in [-0.25, -0.2) is 0 Å². The highest BCUT2D eigenvalue weighted by atomic mass is 19.4. The highest BCUT2D eigenvalue weighted by Crippen LogP contribution is 2.29. The fraction of sp³-hybridized carbons (Fsp3) is 0.533. The standard InChI is InChI=1S/C15H19F3N2O/c1-10-9-19-7-6-13(10)20-14(21)8-11-2-4-12(5-3-11)15(16,17)18/h2-5,10,13,19H,6-9H2,1H3,(H,20,21). The molecular formula is C15H19F3N2O. The van der Waals surface area contributed by atoms with Gasteiger partial charge in [-0.05, 0) is 43.1 Å². The molecule has 0 saturated carbocycles. The third-order valence-corrected chi connectivity index (χ3v) is 3.78. The minimum atomic E-state index is -4.34. The molecule has 0 bridgehead atoms. The molecule has 2 atom stereocenters. The van der Waals surface area contributed by atoms with Gasteiger partial charge in [0.15, 0.2) is 0 Å². The van der Waals surface area contributed by atoms with E-state index < -0.39 is 11.7 Å². The summed E-state index contributed by atoms with van der Waals surface area (Å²) in [5.41, 5.74) is -0.110. The van der Waals surface area contributed by atoms with Crippen molar-refractivity contribution in [1.29, 1.82) is 0 Å². The van der Waals surface area contributed by atoms with E-state index in [1.54, 1.807) is 0 Å². The predicted molar refractivity (Wildman–Crippen MR) is 73.7 cm³/mol. The normalized spacial score (nSPS) is 22.9. The van der Waals surface area contributed by atoms with Crippen molar-refractivity contribution in [1.82, 2.24) is 10.6 Å². The zero-order valence-electron chi connectivity index (χ0n) is 11.8. The van der Waals surface area contributed by atoms with Gasteiger partial charge in [0.2, 0.25) is 5.91 Å². The van der Waals surface area contributed by atoms with E-state index in [1.807, 2.05) is 0 Å². The van der Waals surface area contributed by atoms with Crippen LogP contribution in [0.4, 0.5) is 13.2 Å². The number of hydrogen-bond acceptors (Lipinski definition) is 2. The summed E-state index contributed by atoms with van der Waals surface area (Å²) in [6.45, 7) is 3.80. The molecule has 0 radical (unpaired) electrons. The van der Waals surface area contributed by atoms with Crippen LogP contribution in [0, 0.1) is 5.92 Å². The molecule has 1 aliphatic rings. The van der Waals surface area contributed by atoms with E-state index in [4.69, 9.17) is 0 Å². The summed E-state index contributed by atoms with van der Waals surface area (Å²) in [6, 6.07) is 4.86. The summed E-state index contributed by atoms with van der Waals surface area (Å²) in [5, 5.41) is 6.21. The minimum absolute atomic E-state index is 0.106. The number of halogens is 3. The molecule has 2 unspecified atom stereocenters. The lowest BCUT2D eigenvalue weighted by Gasteiger charge is -2.30. The molecule has 1 fully saturated rings. The first kappa shape index (κ1) is 15.8. The zero-order valence-corrected chi connectivity index (χ0v) is 11.8. The molecule has 2 rings (SSSR count). The van der Waals surface area contributed by atoms with Gasteiger partial charge in [-0.1, -0.05) is 19.1 Å². The van der Waals surface area contributed by atoms with Gasteiger partial charge in [-0.15, -0.1) is 0 Å². The number of hydrogen-bond donors (Lipinski definition) is 2. The smallest absolute Gasteiger partial charge is 0.353 e. The Morgan fingerprint density at radius 3 is 2.57 bits per heavy atom. The Hall–Kier alpha value is -1.56. The quantitative estimate of drug-likeness (QED) is 0.900. The Bertz CT molecular complexity index is 485. The highest BCUT2D eigenvalue weighted by Gasteiger charge is 2.30. The van der Waals surface area contributed by atoms with Crippen LogP contribution >= 0.6 is 0 Å². The summed E-state index contributed by atoms with van der Waals surface area (Å²) < 4.78 is 37.3. The van der Waals surface area contributed by atoms with Crippen molar-refractivity contribution in [2.75, 3.05) is 13.1 Å². The molecule has 21 heavy (non-hydrogen) atoms. The molecule has 0 spiro atoms. The Morgan fingerprint density at radius 2 is 2.00 bits per heavy atom. The summed E-state index contributed by atoms with van der Waals surface area (Å²) in [7, 11) is 0. The molecule has 1 amide bonds. The monoisotopic (exact) mass is 300 g/mol. The van der Waals surface area contributed by atoms with Crippen LogP contribution in [0.15, 0.2) is 24.3 Å². The van der Waals surface area contributed by atoms with Gasteiger partial charge >= 0.3 is 6.18 Å². The second-order valence-electron chi connectivity index (χ2n) is 5.52. The van der Waals surface area contributed by atoms with Gasteiger partial charge in [-0.2, -0.15) is 13.2 Å². The fourth-order valence-electron chi connectivity index (χ4n) is 2.48. The number of amides is 1. The molecule has 0 aliphatic carbocycles. The third kappa shape index (κ3) is 4.46. The number of carbonyl (C=O) groups is 1. The van der Waals surface area contributed by atoms with Gasteiger partial charge in [0.25, 0.3) is 0 Å². The molecule has 1 aromatic rings. The number of piperidine rings is 1. The Balaban J connectivity index is 1.90. The van der Waals surface area contributed by atoms with Crippen LogP contribution in [0.3, 0.4) is 0 Å². The van der Waals surface area contributed by atoms with E-state index in [0.29, 0.717) is 11.5 Å². The molecule has 2 N–H and O–H groups in total. The summed E-state index contributed by atoms with van der Waals surface area (Å²) >= 11 is 0. The zero-order chi connectivity index (χ0) is 15.5. The molecule has 6 heteroatoms. The van der Waals surface area contributed by atoms with Crippen molar-refractivity contribution < 1.29 is 18.0 Å². The van der Waals surface area contributed by atoms with Crippen LogP contribution in [0.2, 0.25) is 0 Å². The molecular weight excluding hydrogens is 281 g/mol. The van der Waals surface area contributed by atoms with Crippen LogP contribution in [0.5, 0.6) is 0 Å². The average Bonchev–Trinajstić information content (AvgIpc) is 2.41. The van der Waals surface area contributed by atoms with Crippen molar-refractivity contribution in [3.8, 4) is 0 Å². The highest BCUT2D eigenvalue weighted by molar-refractivity contribution is 5.78. The summed E-state index contributed by atoms with van der Waals surface area (Å²) in [5.74, 6) is 0.212. The molecule has 1 aliphatic heterocycles.